The van der Waals surface area contributed by atoms with Crippen molar-refractivity contribution in [2.45, 2.75) is 32.4 Å². The number of halogens is 2. The van der Waals surface area contributed by atoms with Gasteiger partial charge in [-0.2, -0.15) is 0 Å². The maximum absolute atomic E-state index is 13.8. The van der Waals surface area contributed by atoms with Crippen LogP contribution in [0.25, 0.3) is 0 Å². The molecule has 1 aliphatic rings. The molecule has 2 atom stereocenters. The SMILES string of the molecule is CC(C)[C@H](N)C(=O)NCC(=O)NC1CCN(c2c(F)cccc2F)C1. The Balaban J connectivity index is 1.83. The van der Waals surface area contributed by atoms with E-state index in [0.717, 1.165) is 0 Å². The lowest BCUT2D eigenvalue weighted by Gasteiger charge is -2.20. The Kier molecular flexibility index (Phi) is 6.30. The number of benzene rings is 1. The molecule has 8 heteroatoms. The van der Waals surface area contributed by atoms with Crippen LogP contribution in [-0.2, 0) is 9.59 Å². The Morgan fingerprint density at radius 2 is 1.96 bits per heavy atom. The summed E-state index contributed by atoms with van der Waals surface area (Å²) in [4.78, 5) is 25.2. The van der Waals surface area contributed by atoms with E-state index in [-0.39, 0.29) is 36.0 Å². The molecule has 1 unspecified atom stereocenters. The van der Waals surface area contributed by atoms with Crippen molar-refractivity contribution in [3.63, 3.8) is 0 Å². The van der Waals surface area contributed by atoms with Crippen LogP contribution in [0.1, 0.15) is 20.3 Å². The lowest BCUT2D eigenvalue weighted by Crippen LogP contribution is -2.48. The second-order valence-electron chi connectivity index (χ2n) is 6.56. The molecular formula is C17H24F2N4O2. The zero-order valence-electron chi connectivity index (χ0n) is 14.4. The molecule has 1 aromatic rings. The number of carbonyl (C=O) groups is 2. The summed E-state index contributed by atoms with van der Waals surface area (Å²) in [5.41, 5.74) is 5.63. The number of amides is 2. The van der Waals surface area contributed by atoms with Gasteiger partial charge in [-0.25, -0.2) is 8.78 Å². The summed E-state index contributed by atoms with van der Waals surface area (Å²) in [5, 5.41) is 5.25. The van der Waals surface area contributed by atoms with Crippen LogP contribution in [0.2, 0.25) is 0 Å². The quantitative estimate of drug-likeness (QED) is 0.704. The minimum atomic E-state index is -0.668. The number of hydrogen-bond donors (Lipinski definition) is 3. The number of anilines is 1. The van der Waals surface area contributed by atoms with Gasteiger partial charge in [-0.15, -0.1) is 0 Å². The zero-order chi connectivity index (χ0) is 18.6. The van der Waals surface area contributed by atoms with Gasteiger partial charge in [0.15, 0.2) is 0 Å². The predicted octanol–water partition coefficient (Wildman–Crippen LogP) is 0.759. The lowest BCUT2D eigenvalue weighted by molar-refractivity contribution is -0.127. The third kappa shape index (κ3) is 4.88. The highest BCUT2D eigenvalue weighted by Crippen LogP contribution is 2.26. The summed E-state index contributed by atoms with van der Waals surface area (Å²) < 4.78 is 27.6. The van der Waals surface area contributed by atoms with Crippen LogP contribution in [0.4, 0.5) is 14.5 Å². The summed E-state index contributed by atoms with van der Waals surface area (Å²) in [6.07, 6.45) is 0.568. The Morgan fingerprint density at radius 1 is 1.32 bits per heavy atom. The first-order valence-corrected chi connectivity index (χ1v) is 8.31. The van der Waals surface area contributed by atoms with E-state index in [1.807, 2.05) is 13.8 Å². The topological polar surface area (TPSA) is 87.5 Å². The maximum Gasteiger partial charge on any atom is 0.239 e. The highest BCUT2D eigenvalue weighted by molar-refractivity contribution is 5.87. The van der Waals surface area contributed by atoms with Crippen LogP contribution < -0.4 is 21.3 Å². The monoisotopic (exact) mass is 354 g/mol. The Bertz CT molecular complexity index is 619. The minimum absolute atomic E-state index is 0.0258. The van der Waals surface area contributed by atoms with Gasteiger partial charge >= 0.3 is 0 Å². The maximum atomic E-state index is 13.8. The van der Waals surface area contributed by atoms with Crippen LogP contribution in [0.3, 0.4) is 0 Å². The Morgan fingerprint density at radius 3 is 2.56 bits per heavy atom. The summed E-state index contributed by atoms with van der Waals surface area (Å²) in [6.45, 7) is 4.21. The van der Waals surface area contributed by atoms with Gasteiger partial charge in [0.1, 0.15) is 17.3 Å². The predicted molar refractivity (Wildman–Crippen MR) is 90.9 cm³/mol. The Hall–Kier alpha value is -2.22. The fourth-order valence-corrected chi connectivity index (χ4v) is 2.74. The molecule has 138 valence electrons. The summed E-state index contributed by atoms with van der Waals surface area (Å²) in [7, 11) is 0. The Labute approximate surface area is 145 Å². The minimum Gasteiger partial charge on any atom is -0.365 e. The average Bonchev–Trinajstić information content (AvgIpc) is 2.99. The van der Waals surface area contributed by atoms with Crippen molar-refractivity contribution in [3.05, 3.63) is 29.8 Å². The van der Waals surface area contributed by atoms with E-state index in [2.05, 4.69) is 10.6 Å². The first-order chi connectivity index (χ1) is 11.8. The molecule has 0 radical (unpaired) electrons. The summed E-state index contributed by atoms with van der Waals surface area (Å²) in [6, 6.07) is 2.82. The molecule has 2 rings (SSSR count). The van der Waals surface area contributed by atoms with E-state index in [1.54, 1.807) is 4.90 Å². The first kappa shape index (κ1) is 19.1. The van der Waals surface area contributed by atoms with Crippen molar-refractivity contribution in [1.82, 2.24) is 10.6 Å². The molecule has 1 aromatic carbocycles. The zero-order valence-corrected chi connectivity index (χ0v) is 14.4. The van der Waals surface area contributed by atoms with E-state index < -0.39 is 17.7 Å². The average molecular weight is 354 g/mol. The molecule has 1 fully saturated rings. The van der Waals surface area contributed by atoms with Crippen LogP contribution in [0.15, 0.2) is 18.2 Å². The number of nitrogens with zero attached hydrogens (tertiary/aromatic N) is 1. The number of nitrogens with one attached hydrogen (secondary N) is 2. The van der Waals surface area contributed by atoms with Gasteiger partial charge in [-0.05, 0) is 24.5 Å². The smallest absolute Gasteiger partial charge is 0.239 e. The van der Waals surface area contributed by atoms with Crippen molar-refractivity contribution >= 4 is 17.5 Å². The molecule has 1 heterocycles. The van der Waals surface area contributed by atoms with Gasteiger partial charge in [0.05, 0.1) is 12.6 Å². The van der Waals surface area contributed by atoms with Gasteiger partial charge in [-0.3, -0.25) is 9.59 Å². The molecule has 1 saturated heterocycles. The van der Waals surface area contributed by atoms with Crippen LogP contribution in [-0.4, -0.2) is 43.5 Å². The number of carbonyl (C=O) groups excluding carboxylic acids is 2. The molecule has 6 nitrogen and oxygen atoms in total. The molecule has 0 bridgehead atoms. The van der Waals surface area contributed by atoms with Gasteiger partial charge in [0, 0.05) is 19.1 Å². The third-order valence-electron chi connectivity index (χ3n) is 4.25. The van der Waals surface area contributed by atoms with Gasteiger partial charge in [0.25, 0.3) is 0 Å². The number of hydrogen-bond acceptors (Lipinski definition) is 4. The number of nitrogens with two attached hydrogens (primary N) is 1. The molecular weight excluding hydrogens is 330 g/mol. The fourth-order valence-electron chi connectivity index (χ4n) is 2.74. The van der Waals surface area contributed by atoms with Crippen LogP contribution in [0, 0.1) is 17.6 Å². The molecule has 0 aromatic heterocycles. The molecule has 2 amide bonds. The summed E-state index contributed by atoms with van der Waals surface area (Å²) in [5.74, 6) is -2.01. The molecule has 0 spiro atoms. The number of para-hydroxylation sites is 1. The highest BCUT2D eigenvalue weighted by Gasteiger charge is 2.28. The largest absolute Gasteiger partial charge is 0.365 e. The molecule has 25 heavy (non-hydrogen) atoms. The molecule has 4 N–H and O–H groups in total. The normalized spacial score (nSPS) is 18.3. The van der Waals surface area contributed by atoms with Crippen molar-refractivity contribution < 1.29 is 18.4 Å². The second kappa shape index (κ2) is 8.24. The lowest BCUT2D eigenvalue weighted by atomic mass is 10.1. The van der Waals surface area contributed by atoms with Gasteiger partial charge in [0.2, 0.25) is 11.8 Å². The van der Waals surface area contributed by atoms with Crippen molar-refractivity contribution in [1.29, 1.82) is 0 Å². The third-order valence-corrected chi connectivity index (χ3v) is 4.25. The highest BCUT2D eigenvalue weighted by atomic mass is 19.1. The number of rotatable bonds is 6. The van der Waals surface area contributed by atoms with E-state index in [9.17, 15) is 18.4 Å². The fraction of sp³-hybridized carbons (Fsp3) is 0.529. The van der Waals surface area contributed by atoms with E-state index in [1.165, 1.54) is 18.2 Å². The van der Waals surface area contributed by atoms with Crippen molar-refractivity contribution in [3.8, 4) is 0 Å². The standard InChI is InChI=1S/C17H24F2N4O2/c1-10(2)15(20)17(25)21-8-14(24)22-11-6-7-23(9-11)16-12(18)4-3-5-13(16)19/h3-5,10-11,15H,6-9,20H2,1-2H3,(H,21,25)(H,22,24)/t11?,15-/m0/s1. The first-order valence-electron chi connectivity index (χ1n) is 8.31. The van der Waals surface area contributed by atoms with Crippen molar-refractivity contribution in [2.75, 3.05) is 24.5 Å². The van der Waals surface area contributed by atoms with Crippen molar-refractivity contribution in [2.24, 2.45) is 11.7 Å². The van der Waals surface area contributed by atoms with Crippen LogP contribution in [0.5, 0.6) is 0 Å². The molecule has 1 aliphatic heterocycles. The summed E-state index contributed by atoms with van der Waals surface area (Å²) >= 11 is 0. The van der Waals surface area contributed by atoms with E-state index in [0.29, 0.717) is 19.5 Å². The van der Waals surface area contributed by atoms with Gasteiger partial charge in [-0.1, -0.05) is 19.9 Å². The van der Waals surface area contributed by atoms with Gasteiger partial charge < -0.3 is 21.3 Å². The van der Waals surface area contributed by atoms with Crippen LogP contribution >= 0.6 is 0 Å². The molecule has 0 saturated carbocycles. The molecule has 0 aliphatic carbocycles. The van der Waals surface area contributed by atoms with E-state index >= 15 is 0 Å². The van der Waals surface area contributed by atoms with E-state index in [4.69, 9.17) is 5.73 Å². The second-order valence-corrected chi connectivity index (χ2v) is 6.56.